The van der Waals surface area contributed by atoms with E-state index in [1.807, 2.05) is 4.83 Å². The topological polar surface area (TPSA) is 105 Å². The van der Waals surface area contributed by atoms with Crippen LogP contribution >= 0.6 is 27.5 Å². The molecule has 0 atom stereocenters. The first-order valence-electron chi connectivity index (χ1n) is 6.03. The summed E-state index contributed by atoms with van der Waals surface area (Å²) in [5.41, 5.74) is 0.876. The molecule has 2 rings (SSSR count). The predicted octanol–water partition coefficient (Wildman–Crippen LogP) is 1.98. The minimum Gasteiger partial charge on any atom is -0.242 e. The zero-order valence-corrected chi connectivity index (χ0v) is 15.6. The minimum absolute atomic E-state index is 0.0683. The molecule has 7 nitrogen and oxygen atoms in total. The number of aryl methyl sites for hydroxylation is 1. The van der Waals surface area contributed by atoms with Crippen LogP contribution in [0.4, 0.5) is 0 Å². The summed E-state index contributed by atoms with van der Waals surface area (Å²) in [7, 11) is -8.18. The van der Waals surface area contributed by atoms with E-state index in [1.165, 1.54) is 18.2 Å². The summed E-state index contributed by atoms with van der Waals surface area (Å²) in [4.78, 5) is 6.99. The van der Waals surface area contributed by atoms with E-state index in [4.69, 9.17) is 11.6 Å². The van der Waals surface area contributed by atoms with Gasteiger partial charge in [-0.25, -0.2) is 21.8 Å². The first-order chi connectivity index (χ1) is 10.6. The largest absolute Gasteiger partial charge is 0.255 e. The zero-order chi connectivity index (χ0) is 17.3. The fourth-order valence-electron chi connectivity index (χ4n) is 1.50. The molecule has 0 aliphatic carbocycles. The van der Waals surface area contributed by atoms with Crippen molar-refractivity contribution in [2.45, 2.75) is 16.7 Å². The number of sulfonamides is 2. The maximum absolute atomic E-state index is 12.1. The quantitative estimate of drug-likeness (QED) is 0.546. The Morgan fingerprint density at radius 2 is 1.52 bits per heavy atom. The number of aromatic nitrogens is 1. The molecule has 0 aliphatic heterocycles. The second kappa shape index (κ2) is 6.83. The normalized spacial score (nSPS) is 12.3. The lowest BCUT2D eigenvalue weighted by Gasteiger charge is -2.09. The van der Waals surface area contributed by atoms with Gasteiger partial charge in [0, 0.05) is 6.20 Å². The number of halogens is 2. The van der Waals surface area contributed by atoms with Crippen LogP contribution in [0, 0.1) is 6.92 Å². The molecule has 2 aromatic rings. The van der Waals surface area contributed by atoms with E-state index in [1.54, 1.807) is 23.9 Å². The van der Waals surface area contributed by atoms with E-state index in [-0.39, 0.29) is 19.4 Å². The molecule has 0 bridgehead atoms. The number of hydrogen-bond donors (Lipinski definition) is 2. The highest BCUT2D eigenvalue weighted by Gasteiger charge is 2.20. The monoisotopic (exact) mass is 439 g/mol. The van der Waals surface area contributed by atoms with Crippen LogP contribution in [0.25, 0.3) is 0 Å². The van der Waals surface area contributed by atoms with Crippen LogP contribution in [-0.2, 0) is 20.0 Å². The van der Waals surface area contributed by atoms with Gasteiger partial charge in [0.25, 0.3) is 20.0 Å². The number of nitrogens with one attached hydrogen (secondary N) is 2. The number of nitrogens with zero attached hydrogens (tertiary/aromatic N) is 1. The Bertz CT molecular complexity index is 931. The van der Waals surface area contributed by atoms with E-state index in [2.05, 4.69) is 20.9 Å². The number of rotatable bonds is 5. The van der Waals surface area contributed by atoms with Gasteiger partial charge in [0.2, 0.25) is 0 Å². The molecule has 0 aliphatic rings. The van der Waals surface area contributed by atoms with Gasteiger partial charge in [0.1, 0.15) is 10.0 Å². The molecule has 1 heterocycles. The Morgan fingerprint density at radius 3 is 2.04 bits per heavy atom. The van der Waals surface area contributed by atoms with Gasteiger partial charge in [0.15, 0.2) is 0 Å². The second-order valence-corrected chi connectivity index (χ2v) is 9.04. The lowest BCUT2D eigenvalue weighted by atomic mass is 10.2. The van der Waals surface area contributed by atoms with Gasteiger partial charge in [-0.15, -0.1) is 9.66 Å². The Kier molecular flexibility index (Phi) is 5.44. The zero-order valence-electron chi connectivity index (χ0n) is 11.6. The Balaban J connectivity index is 2.21. The highest BCUT2D eigenvalue weighted by atomic mass is 79.9. The van der Waals surface area contributed by atoms with Crippen molar-refractivity contribution in [3.8, 4) is 0 Å². The summed E-state index contributed by atoms with van der Waals surface area (Å²) >= 11 is 8.74. The van der Waals surface area contributed by atoms with E-state index < -0.39 is 20.0 Å². The summed E-state index contributed by atoms with van der Waals surface area (Å²) in [5, 5.41) is 0.0872. The average molecular weight is 441 g/mol. The number of hydrazine groups is 1. The molecule has 1 aromatic carbocycles. The van der Waals surface area contributed by atoms with Crippen LogP contribution in [0.5, 0.6) is 0 Å². The smallest absolute Gasteiger partial charge is 0.242 e. The second-order valence-electron chi connectivity index (χ2n) is 4.47. The van der Waals surface area contributed by atoms with Crippen LogP contribution in [0.15, 0.2) is 50.8 Å². The Morgan fingerprint density at radius 1 is 1.00 bits per heavy atom. The molecule has 11 heteroatoms. The first-order valence-corrected chi connectivity index (χ1v) is 10.2. The van der Waals surface area contributed by atoms with Crippen molar-refractivity contribution in [2.75, 3.05) is 0 Å². The molecule has 2 N–H and O–H groups in total. The van der Waals surface area contributed by atoms with Gasteiger partial charge >= 0.3 is 0 Å². The lowest BCUT2D eigenvalue weighted by molar-refractivity contribution is 0.557. The molecule has 124 valence electrons. The van der Waals surface area contributed by atoms with Crippen molar-refractivity contribution in [3.05, 3.63) is 51.7 Å². The molecule has 1 aromatic heterocycles. The average Bonchev–Trinajstić information content (AvgIpc) is 2.48. The van der Waals surface area contributed by atoms with Crippen LogP contribution in [0.1, 0.15) is 5.56 Å². The van der Waals surface area contributed by atoms with Crippen molar-refractivity contribution in [3.63, 3.8) is 0 Å². The minimum atomic E-state index is -4.14. The SMILES string of the molecule is Cc1ccc(S(=O)(=O)NNS(=O)(=O)c2cnc(Cl)c(Br)c2)cc1. The van der Waals surface area contributed by atoms with Crippen molar-refractivity contribution < 1.29 is 16.8 Å². The van der Waals surface area contributed by atoms with Crippen molar-refractivity contribution in [2.24, 2.45) is 0 Å². The molecule has 0 amide bonds. The van der Waals surface area contributed by atoms with Crippen molar-refractivity contribution in [1.82, 2.24) is 14.6 Å². The van der Waals surface area contributed by atoms with Gasteiger partial charge in [-0.05, 0) is 41.1 Å². The summed E-state index contributed by atoms with van der Waals surface area (Å²) in [6.45, 7) is 1.80. The maximum atomic E-state index is 12.1. The Hall–Kier alpha value is -1.04. The van der Waals surface area contributed by atoms with E-state index >= 15 is 0 Å². The summed E-state index contributed by atoms with van der Waals surface area (Å²) in [5.74, 6) is 0. The lowest BCUT2D eigenvalue weighted by Crippen LogP contribution is -2.41. The fraction of sp³-hybridized carbons (Fsp3) is 0.0833. The van der Waals surface area contributed by atoms with Crippen molar-refractivity contribution >= 4 is 47.6 Å². The van der Waals surface area contributed by atoms with Crippen molar-refractivity contribution in [1.29, 1.82) is 0 Å². The molecule has 23 heavy (non-hydrogen) atoms. The molecule has 0 unspecified atom stereocenters. The van der Waals surface area contributed by atoms with Crippen LogP contribution in [-0.4, -0.2) is 21.8 Å². The fourth-order valence-corrected chi connectivity index (χ4v) is 4.17. The van der Waals surface area contributed by atoms with E-state index in [0.717, 1.165) is 11.8 Å². The molecule has 0 spiro atoms. The third-order valence-corrected chi connectivity index (χ3v) is 6.46. The summed E-state index contributed by atoms with van der Waals surface area (Å²) < 4.78 is 48.6. The third kappa shape index (κ3) is 4.49. The van der Waals surface area contributed by atoms with Gasteiger partial charge in [-0.1, -0.05) is 29.3 Å². The van der Waals surface area contributed by atoms with Crippen LogP contribution in [0.3, 0.4) is 0 Å². The predicted molar refractivity (Wildman–Crippen MR) is 88.8 cm³/mol. The van der Waals surface area contributed by atoms with Crippen LogP contribution in [0.2, 0.25) is 5.15 Å². The van der Waals surface area contributed by atoms with Gasteiger partial charge in [-0.2, -0.15) is 0 Å². The molecule has 0 saturated heterocycles. The summed E-state index contributed by atoms with van der Waals surface area (Å²) in [6.07, 6.45) is 1.01. The molecular formula is C12H11BrClN3O4S2. The first kappa shape index (κ1) is 18.3. The number of benzene rings is 1. The maximum Gasteiger partial charge on any atom is 0.255 e. The van der Waals surface area contributed by atoms with E-state index in [9.17, 15) is 16.8 Å². The summed E-state index contributed by atoms with van der Waals surface area (Å²) in [6, 6.07) is 7.14. The number of hydrogen-bond acceptors (Lipinski definition) is 5. The van der Waals surface area contributed by atoms with Gasteiger partial charge in [-0.3, -0.25) is 0 Å². The Labute approximate surface area is 147 Å². The molecule has 0 fully saturated rings. The molecule has 0 radical (unpaired) electrons. The van der Waals surface area contributed by atoms with Gasteiger partial charge < -0.3 is 0 Å². The standard InChI is InChI=1S/C12H11BrClN3O4S2/c1-8-2-4-9(5-3-8)22(18,19)16-17-23(20,21)10-6-11(13)12(14)15-7-10/h2-7,16-17H,1H3. The van der Waals surface area contributed by atoms with E-state index in [0.29, 0.717) is 0 Å². The molecule has 0 saturated carbocycles. The molecular weight excluding hydrogens is 430 g/mol. The van der Waals surface area contributed by atoms with Crippen LogP contribution < -0.4 is 9.66 Å². The highest BCUT2D eigenvalue weighted by Crippen LogP contribution is 2.22. The van der Waals surface area contributed by atoms with Gasteiger partial charge in [0.05, 0.1) is 9.37 Å². The third-order valence-electron chi connectivity index (χ3n) is 2.72. The number of pyridine rings is 1. The highest BCUT2D eigenvalue weighted by molar-refractivity contribution is 9.10.